The van der Waals surface area contributed by atoms with Crippen LogP contribution in [0.15, 0.2) is 35.1 Å². The number of rotatable bonds is 6. The van der Waals surface area contributed by atoms with E-state index in [4.69, 9.17) is 9.15 Å². The van der Waals surface area contributed by atoms with Crippen molar-refractivity contribution in [2.24, 2.45) is 0 Å². The molecule has 0 spiro atoms. The SMILES string of the molecule is CC(C)n1ncc2c(C(=O)OCC(=O)N(C)C3CCCCC3)cc(-c3ccco3)nc21. The highest BCUT2D eigenvalue weighted by molar-refractivity contribution is 6.04. The quantitative estimate of drug-likeness (QED) is 0.550. The lowest BCUT2D eigenvalue weighted by Gasteiger charge is -2.31. The smallest absolute Gasteiger partial charge is 0.339 e. The number of likely N-dealkylation sites (N-methyl/N-ethyl adjacent to an activating group) is 1. The van der Waals surface area contributed by atoms with Crippen molar-refractivity contribution in [1.29, 1.82) is 0 Å². The average molecular weight is 425 g/mol. The van der Waals surface area contributed by atoms with Crippen molar-refractivity contribution in [2.45, 2.75) is 58.0 Å². The van der Waals surface area contributed by atoms with Gasteiger partial charge in [0.25, 0.3) is 5.91 Å². The summed E-state index contributed by atoms with van der Waals surface area (Å²) in [6.07, 6.45) is 8.65. The molecule has 1 fully saturated rings. The minimum Gasteiger partial charge on any atom is -0.463 e. The molecule has 3 aromatic rings. The van der Waals surface area contributed by atoms with Gasteiger partial charge in [0, 0.05) is 19.1 Å². The highest BCUT2D eigenvalue weighted by Crippen LogP contribution is 2.27. The molecule has 0 bridgehead atoms. The summed E-state index contributed by atoms with van der Waals surface area (Å²) in [5.74, 6) is -0.218. The Morgan fingerprint density at radius 2 is 2.06 bits per heavy atom. The number of esters is 1. The van der Waals surface area contributed by atoms with Crippen molar-refractivity contribution >= 4 is 22.9 Å². The van der Waals surface area contributed by atoms with Crippen LogP contribution < -0.4 is 0 Å². The molecule has 0 unspecified atom stereocenters. The number of carbonyl (C=O) groups excluding carboxylic acids is 2. The maximum Gasteiger partial charge on any atom is 0.339 e. The van der Waals surface area contributed by atoms with Crippen molar-refractivity contribution in [2.75, 3.05) is 13.7 Å². The summed E-state index contributed by atoms with van der Waals surface area (Å²) < 4.78 is 12.6. The summed E-state index contributed by atoms with van der Waals surface area (Å²) >= 11 is 0. The molecule has 0 aliphatic heterocycles. The predicted octanol–water partition coefficient (Wildman–Crippen LogP) is 4.22. The van der Waals surface area contributed by atoms with E-state index >= 15 is 0 Å². The highest BCUT2D eigenvalue weighted by Gasteiger charge is 2.25. The van der Waals surface area contributed by atoms with Crippen molar-refractivity contribution in [1.82, 2.24) is 19.7 Å². The molecule has 1 aliphatic rings. The first-order valence-electron chi connectivity index (χ1n) is 10.8. The van der Waals surface area contributed by atoms with Crippen LogP contribution >= 0.6 is 0 Å². The van der Waals surface area contributed by atoms with Crippen LogP contribution in [0.3, 0.4) is 0 Å². The maximum absolute atomic E-state index is 13.0. The van der Waals surface area contributed by atoms with Gasteiger partial charge in [-0.15, -0.1) is 0 Å². The molecule has 31 heavy (non-hydrogen) atoms. The Morgan fingerprint density at radius 1 is 1.29 bits per heavy atom. The molecule has 1 aliphatic carbocycles. The second-order valence-electron chi connectivity index (χ2n) is 8.33. The molecule has 0 N–H and O–H groups in total. The van der Waals surface area contributed by atoms with Crippen LogP contribution in [-0.4, -0.2) is 51.2 Å². The third-order valence-corrected chi connectivity index (χ3v) is 5.89. The molecule has 8 heteroatoms. The summed E-state index contributed by atoms with van der Waals surface area (Å²) in [4.78, 5) is 31.9. The van der Waals surface area contributed by atoms with Gasteiger partial charge in [-0.1, -0.05) is 19.3 Å². The number of pyridine rings is 1. The first-order valence-corrected chi connectivity index (χ1v) is 10.8. The van der Waals surface area contributed by atoms with E-state index in [-0.39, 0.29) is 24.6 Å². The fourth-order valence-electron chi connectivity index (χ4n) is 4.09. The molecule has 1 saturated carbocycles. The van der Waals surface area contributed by atoms with Crippen LogP contribution in [-0.2, 0) is 9.53 Å². The van der Waals surface area contributed by atoms with E-state index < -0.39 is 5.97 Å². The highest BCUT2D eigenvalue weighted by atomic mass is 16.5. The molecule has 0 atom stereocenters. The van der Waals surface area contributed by atoms with E-state index in [0.717, 1.165) is 25.7 Å². The van der Waals surface area contributed by atoms with E-state index in [2.05, 4.69) is 10.1 Å². The minimum atomic E-state index is -0.575. The number of hydrogen-bond donors (Lipinski definition) is 0. The van der Waals surface area contributed by atoms with Crippen LogP contribution in [0, 0.1) is 0 Å². The van der Waals surface area contributed by atoms with E-state index in [1.54, 1.807) is 47.3 Å². The van der Waals surface area contributed by atoms with Crippen LogP contribution in [0.5, 0.6) is 0 Å². The zero-order chi connectivity index (χ0) is 22.0. The van der Waals surface area contributed by atoms with Gasteiger partial charge in [0.05, 0.1) is 23.4 Å². The summed E-state index contributed by atoms with van der Waals surface area (Å²) in [7, 11) is 1.79. The summed E-state index contributed by atoms with van der Waals surface area (Å²) in [5.41, 5.74) is 1.40. The Morgan fingerprint density at radius 3 is 2.74 bits per heavy atom. The number of carbonyl (C=O) groups is 2. The van der Waals surface area contributed by atoms with Crippen molar-refractivity contribution in [3.8, 4) is 11.5 Å². The topological polar surface area (TPSA) is 90.5 Å². The molecular formula is C23H28N4O4. The van der Waals surface area contributed by atoms with Gasteiger partial charge < -0.3 is 14.1 Å². The molecule has 1 amide bonds. The van der Waals surface area contributed by atoms with Crippen LogP contribution in [0.1, 0.15) is 62.4 Å². The Hall–Kier alpha value is -3.16. The van der Waals surface area contributed by atoms with Gasteiger partial charge in [-0.3, -0.25) is 4.79 Å². The number of nitrogens with zero attached hydrogens (tertiary/aromatic N) is 4. The van der Waals surface area contributed by atoms with E-state index in [1.807, 2.05) is 13.8 Å². The number of furan rings is 1. The molecule has 8 nitrogen and oxygen atoms in total. The van der Waals surface area contributed by atoms with Crippen molar-refractivity contribution < 1.29 is 18.7 Å². The summed E-state index contributed by atoms with van der Waals surface area (Å²) in [5, 5.41) is 4.97. The Kier molecular flexibility index (Phi) is 6.06. The number of fused-ring (bicyclic) bond motifs is 1. The summed E-state index contributed by atoms with van der Waals surface area (Å²) in [6.45, 7) is 3.70. The monoisotopic (exact) mass is 424 g/mol. The van der Waals surface area contributed by atoms with Crippen molar-refractivity contribution in [3.63, 3.8) is 0 Å². The molecule has 3 heterocycles. The normalized spacial score (nSPS) is 14.8. The first-order chi connectivity index (χ1) is 15.0. The third-order valence-electron chi connectivity index (χ3n) is 5.89. The van der Waals surface area contributed by atoms with Gasteiger partial charge in [0.15, 0.2) is 18.0 Å². The fraction of sp³-hybridized carbons (Fsp3) is 0.478. The van der Waals surface area contributed by atoms with Crippen LogP contribution in [0.4, 0.5) is 0 Å². The standard InChI is InChI=1S/C23H28N4O4/c1-15(2)27-22-18(13-24-27)17(12-19(25-22)20-10-7-11-30-20)23(29)31-14-21(28)26(3)16-8-5-4-6-9-16/h7,10-13,15-16H,4-6,8-9,14H2,1-3H3. The lowest BCUT2D eigenvalue weighted by atomic mass is 9.94. The average Bonchev–Trinajstić information content (AvgIpc) is 3.46. The molecule has 0 aromatic carbocycles. The van der Waals surface area contributed by atoms with Crippen molar-refractivity contribution in [3.05, 3.63) is 36.2 Å². The Balaban J connectivity index is 1.57. The maximum atomic E-state index is 13.0. The number of amides is 1. The van der Waals surface area contributed by atoms with Gasteiger partial charge in [-0.2, -0.15) is 5.10 Å². The zero-order valence-electron chi connectivity index (χ0n) is 18.2. The third kappa shape index (κ3) is 4.33. The minimum absolute atomic E-state index is 0.0615. The Bertz CT molecular complexity index is 1060. The molecule has 164 valence electrons. The molecule has 4 rings (SSSR count). The van der Waals surface area contributed by atoms with Gasteiger partial charge in [0.2, 0.25) is 0 Å². The molecule has 3 aromatic heterocycles. The van der Waals surface area contributed by atoms with Gasteiger partial charge in [-0.25, -0.2) is 14.5 Å². The number of hydrogen-bond acceptors (Lipinski definition) is 6. The fourth-order valence-corrected chi connectivity index (χ4v) is 4.09. The number of aromatic nitrogens is 3. The van der Waals surface area contributed by atoms with Gasteiger partial charge >= 0.3 is 5.97 Å². The van der Waals surface area contributed by atoms with Crippen LogP contribution in [0.25, 0.3) is 22.5 Å². The second-order valence-corrected chi connectivity index (χ2v) is 8.33. The largest absolute Gasteiger partial charge is 0.463 e. The molecule has 0 radical (unpaired) electrons. The predicted molar refractivity (Wildman–Crippen MR) is 116 cm³/mol. The molecular weight excluding hydrogens is 396 g/mol. The van der Waals surface area contributed by atoms with Crippen LogP contribution in [0.2, 0.25) is 0 Å². The first kappa shape index (κ1) is 21.1. The zero-order valence-corrected chi connectivity index (χ0v) is 18.2. The van der Waals surface area contributed by atoms with E-state index in [1.165, 1.54) is 6.42 Å². The Labute approximate surface area is 181 Å². The lowest BCUT2D eigenvalue weighted by molar-refractivity contribution is -0.135. The van der Waals surface area contributed by atoms with Gasteiger partial charge in [-0.05, 0) is 44.9 Å². The summed E-state index contributed by atoms with van der Waals surface area (Å²) in [6, 6.07) is 5.46. The van der Waals surface area contributed by atoms with E-state index in [9.17, 15) is 9.59 Å². The second kappa shape index (κ2) is 8.91. The lowest BCUT2D eigenvalue weighted by Crippen LogP contribution is -2.40. The number of ether oxygens (including phenoxy) is 1. The van der Waals surface area contributed by atoms with Gasteiger partial charge in [0.1, 0.15) is 5.69 Å². The molecule has 0 saturated heterocycles. The van der Waals surface area contributed by atoms with E-state index in [0.29, 0.717) is 28.1 Å².